The van der Waals surface area contributed by atoms with Crippen LogP contribution in [0.15, 0.2) is 18.2 Å². The first kappa shape index (κ1) is 14.6. The Hall–Kier alpha value is -1.51. The fourth-order valence-corrected chi connectivity index (χ4v) is 1.98. The summed E-state index contributed by atoms with van der Waals surface area (Å²) in [5.41, 5.74) is 2.93. The van der Waals surface area contributed by atoms with E-state index in [9.17, 15) is 4.79 Å². The molecule has 0 aliphatic rings. The maximum absolute atomic E-state index is 11.6. The molecule has 0 spiro atoms. The van der Waals surface area contributed by atoms with E-state index in [-0.39, 0.29) is 5.91 Å². The Balaban J connectivity index is 2.72. The molecule has 3 heteroatoms. The quantitative estimate of drug-likeness (QED) is 0.811. The number of carbonyl (C=O) groups is 1. The van der Waals surface area contributed by atoms with Gasteiger partial charge >= 0.3 is 0 Å². The number of nitrogens with one attached hydrogen (secondary N) is 2. The minimum Gasteiger partial charge on any atom is -0.385 e. The van der Waals surface area contributed by atoms with Crippen molar-refractivity contribution in [2.45, 2.75) is 33.6 Å². The second-order valence-electron chi connectivity index (χ2n) is 4.88. The first-order chi connectivity index (χ1) is 8.58. The Bertz CT molecular complexity index is 401. The molecule has 0 saturated carbocycles. The van der Waals surface area contributed by atoms with Crippen molar-refractivity contribution in [2.75, 3.05) is 18.9 Å². The van der Waals surface area contributed by atoms with Crippen molar-refractivity contribution in [3.63, 3.8) is 0 Å². The van der Waals surface area contributed by atoms with Gasteiger partial charge in [0.15, 0.2) is 0 Å². The highest BCUT2D eigenvalue weighted by Gasteiger charge is 2.07. The molecular formula is C15H24N2O. The van der Waals surface area contributed by atoms with E-state index < -0.39 is 0 Å². The third-order valence-corrected chi connectivity index (χ3v) is 3.15. The Kier molecular flexibility index (Phi) is 5.69. The minimum atomic E-state index is -0.0420. The van der Waals surface area contributed by atoms with Crippen molar-refractivity contribution in [1.82, 2.24) is 5.32 Å². The van der Waals surface area contributed by atoms with E-state index in [4.69, 9.17) is 0 Å². The zero-order chi connectivity index (χ0) is 13.5. The van der Waals surface area contributed by atoms with Crippen LogP contribution in [-0.2, 0) is 0 Å². The van der Waals surface area contributed by atoms with Crippen LogP contribution in [-0.4, -0.2) is 19.5 Å². The maximum Gasteiger partial charge on any atom is 0.251 e. The zero-order valence-corrected chi connectivity index (χ0v) is 11.8. The van der Waals surface area contributed by atoms with Crippen LogP contribution in [0.4, 0.5) is 5.69 Å². The number of benzene rings is 1. The van der Waals surface area contributed by atoms with E-state index in [0.29, 0.717) is 11.5 Å². The SMILES string of the molecule is CCCC(C)CNc1cc(C(=O)NC)ccc1C. The van der Waals surface area contributed by atoms with Gasteiger partial charge in [-0.3, -0.25) is 4.79 Å². The van der Waals surface area contributed by atoms with E-state index in [1.165, 1.54) is 18.4 Å². The summed E-state index contributed by atoms with van der Waals surface area (Å²) in [5.74, 6) is 0.609. The van der Waals surface area contributed by atoms with Gasteiger partial charge in [-0.1, -0.05) is 26.3 Å². The fourth-order valence-electron chi connectivity index (χ4n) is 1.98. The maximum atomic E-state index is 11.6. The van der Waals surface area contributed by atoms with Crippen LogP contribution in [0.1, 0.15) is 42.6 Å². The monoisotopic (exact) mass is 248 g/mol. The first-order valence-electron chi connectivity index (χ1n) is 6.65. The Labute approximate surface area is 110 Å². The molecule has 0 aliphatic carbocycles. The number of aryl methyl sites for hydroxylation is 1. The third-order valence-electron chi connectivity index (χ3n) is 3.15. The van der Waals surface area contributed by atoms with E-state index in [1.54, 1.807) is 7.05 Å². The second kappa shape index (κ2) is 7.04. The average Bonchev–Trinajstić information content (AvgIpc) is 2.37. The van der Waals surface area contributed by atoms with Crippen molar-refractivity contribution < 1.29 is 4.79 Å². The van der Waals surface area contributed by atoms with Crippen molar-refractivity contribution >= 4 is 11.6 Å². The topological polar surface area (TPSA) is 41.1 Å². The molecule has 2 N–H and O–H groups in total. The number of hydrogen-bond donors (Lipinski definition) is 2. The lowest BCUT2D eigenvalue weighted by atomic mass is 10.1. The molecule has 18 heavy (non-hydrogen) atoms. The average molecular weight is 248 g/mol. The van der Waals surface area contributed by atoms with Gasteiger partial charge in [0.25, 0.3) is 5.91 Å². The highest BCUT2D eigenvalue weighted by atomic mass is 16.1. The van der Waals surface area contributed by atoms with Gasteiger partial charge < -0.3 is 10.6 Å². The number of anilines is 1. The number of carbonyl (C=O) groups excluding carboxylic acids is 1. The molecule has 0 fully saturated rings. The van der Waals surface area contributed by atoms with Crippen molar-refractivity contribution in [3.05, 3.63) is 29.3 Å². The van der Waals surface area contributed by atoms with Crippen molar-refractivity contribution in [2.24, 2.45) is 5.92 Å². The van der Waals surface area contributed by atoms with E-state index in [0.717, 1.165) is 12.2 Å². The summed E-state index contributed by atoms with van der Waals surface area (Å²) in [6.07, 6.45) is 2.43. The molecule has 1 amide bonds. The zero-order valence-electron chi connectivity index (χ0n) is 11.8. The molecule has 0 aromatic heterocycles. The Morgan fingerprint density at radius 2 is 2.11 bits per heavy atom. The highest BCUT2D eigenvalue weighted by Crippen LogP contribution is 2.18. The predicted molar refractivity (Wildman–Crippen MR) is 77.1 cm³/mol. The van der Waals surface area contributed by atoms with Crippen LogP contribution >= 0.6 is 0 Å². The Morgan fingerprint density at radius 1 is 1.39 bits per heavy atom. The van der Waals surface area contributed by atoms with Gasteiger partial charge in [-0.15, -0.1) is 0 Å². The summed E-state index contributed by atoms with van der Waals surface area (Å²) < 4.78 is 0. The predicted octanol–water partition coefficient (Wildman–Crippen LogP) is 3.20. The molecule has 0 saturated heterocycles. The lowest BCUT2D eigenvalue weighted by Gasteiger charge is -2.15. The molecule has 1 atom stereocenters. The fraction of sp³-hybridized carbons (Fsp3) is 0.533. The van der Waals surface area contributed by atoms with Gasteiger partial charge in [-0.05, 0) is 37.0 Å². The van der Waals surface area contributed by atoms with Gasteiger partial charge in [-0.25, -0.2) is 0 Å². The largest absolute Gasteiger partial charge is 0.385 e. The molecular weight excluding hydrogens is 224 g/mol. The van der Waals surface area contributed by atoms with Gasteiger partial charge in [0, 0.05) is 24.8 Å². The van der Waals surface area contributed by atoms with Crippen LogP contribution in [0.25, 0.3) is 0 Å². The van der Waals surface area contributed by atoms with Gasteiger partial charge in [-0.2, -0.15) is 0 Å². The standard InChI is InChI=1S/C15H24N2O/c1-5-6-11(2)10-17-14-9-13(15(18)16-4)8-7-12(14)3/h7-9,11,17H,5-6,10H2,1-4H3,(H,16,18). The first-order valence-corrected chi connectivity index (χ1v) is 6.65. The molecule has 1 aromatic rings. The van der Waals surface area contributed by atoms with E-state index >= 15 is 0 Å². The molecule has 3 nitrogen and oxygen atoms in total. The molecule has 1 rings (SSSR count). The van der Waals surface area contributed by atoms with Crippen LogP contribution in [0.5, 0.6) is 0 Å². The number of amides is 1. The molecule has 0 aliphatic heterocycles. The molecule has 0 bridgehead atoms. The molecule has 0 heterocycles. The smallest absolute Gasteiger partial charge is 0.251 e. The van der Waals surface area contributed by atoms with E-state index in [1.807, 2.05) is 18.2 Å². The highest BCUT2D eigenvalue weighted by molar-refractivity contribution is 5.95. The minimum absolute atomic E-state index is 0.0420. The second-order valence-corrected chi connectivity index (χ2v) is 4.88. The van der Waals surface area contributed by atoms with Crippen LogP contribution in [0.2, 0.25) is 0 Å². The third kappa shape index (κ3) is 4.06. The summed E-state index contributed by atoms with van der Waals surface area (Å²) >= 11 is 0. The lowest BCUT2D eigenvalue weighted by molar-refractivity contribution is 0.0963. The van der Waals surface area contributed by atoms with Crippen molar-refractivity contribution in [3.8, 4) is 0 Å². The van der Waals surface area contributed by atoms with Crippen LogP contribution < -0.4 is 10.6 Å². The summed E-state index contributed by atoms with van der Waals surface area (Å²) in [6, 6.07) is 5.76. The molecule has 1 unspecified atom stereocenters. The van der Waals surface area contributed by atoms with Crippen molar-refractivity contribution in [1.29, 1.82) is 0 Å². The number of hydrogen-bond acceptors (Lipinski definition) is 2. The summed E-state index contributed by atoms with van der Waals surface area (Å²) in [5, 5.41) is 6.08. The Morgan fingerprint density at radius 3 is 2.72 bits per heavy atom. The summed E-state index contributed by atoms with van der Waals surface area (Å²) in [4.78, 5) is 11.6. The van der Waals surface area contributed by atoms with Gasteiger partial charge in [0.2, 0.25) is 0 Å². The lowest BCUT2D eigenvalue weighted by Crippen LogP contribution is -2.18. The summed E-state index contributed by atoms with van der Waals surface area (Å²) in [7, 11) is 1.65. The normalized spacial score (nSPS) is 12.0. The van der Waals surface area contributed by atoms with E-state index in [2.05, 4.69) is 31.4 Å². The molecule has 0 radical (unpaired) electrons. The molecule has 1 aromatic carbocycles. The summed E-state index contributed by atoms with van der Waals surface area (Å²) in [6.45, 7) is 7.45. The number of rotatable bonds is 6. The van der Waals surface area contributed by atoms with Gasteiger partial charge in [0.1, 0.15) is 0 Å². The molecule has 100 valence electrons. The van der Waals surface area contributed by atoms with Crippen LogP contribution in [0.3, 0.4) is 0 Å². The van der Waals surface area contributed by atoms with Gasteiger partial charge in [0.05, 0.1) is 0 Å². The van der Waals surface area contributed by atoms with Crippen LogP contribution in [0, 0.1) is 12.8 Å².